The lowest BCUT2D eigenvalue weighted by Crippen LogP contribution is -2.31. The minimum absolute atomic E-state index is 0.208. The number of hydrogen-bond donors (Lipinski definition) is 1. The van der Waals surface area contributed by atoms with Crippen LogP contribution in [0.15, 0.2) is 53.4 Å². The molecule has 6 nitrogen and oxygen atoms in total. The molecule has 0 saturated heterocycles. The van der Waals surface area contributed by atoms with E-state index in [-0.39, 0.29) is 10.8 Å². The van der Waals surface area contributed by atoms with E-state index in [0.717, 1.165) is 10.6 Å². The van der Waals surface area contributed by atoms with Crippen LogP contribution in [0.3, 0.4) is 0 Å². The zero-order valence-electron chi connectivity index (χ0n) is 18.2. The Balaban J connectivity index is 1.83. The van der Waals surface area contributed by atoms with Crippen molar-refractivity contribution in [3.05, 3.63) is 75.2 Å². The molecule has 164 valence electrons. The highest BCUT2D eigenvalue weighted by atomic mass is 32.2. The molecule has 8 heteroatoms. The van der Waals surface area contributed by atoms with Gasteiger partial charge >= 0.3 is 0 Å². The van der Waals surface area contributed by atoms with Gasteiger partial charge in [-0.25, -0.2) is 13.4 Å². The number of hydrogen-bond acceptors (Lipinski definition) is 5. The van der Waals surface area contributed by atoms with Gasteiger partial charge in [-0.05, 0) is 37.1 Å². The smallest absolute Gasteiger partial charge is 0.267 e. The van der Waals surface area contributed by atoms with Gasteiger partial charge in [0, 0.05) is 25.2 Å². The number of amides is 1. The van der Waals surface area contributed by atoms with Crippen molar-refractivity contribution < 1.29 is 13.2 Å². The van der Waals surface area contributed by atoms with E-state index in [2.05, 4.69) is 10.3 Å². The molecule has 0 aliphatic carbocycles. The SMILES string of the molecule is CCN(CC)S(=O)(=O)c1cc(NC(=O)c2sc(Cc3ccccc3)nc2C)ccc1C. The van der Waals surface area contributed by atoms with E-state index in [0.29, 0.717) is 41.3 Å². The van der Waals surface area contributed by atoms with Crippen LogP contribution in [0.1, 0.15) is 45.3 Å². The molecule has 1 heterocycles. The lowest BCUT2D eigenvalue weighted by atomic mass is 10.2. The van der Waals surface area contributed by atoms with Crippen molar-refractivity contribution in [1.29, 1.82) is 0 Å². The molecule has 3 aromatic rings. The molecule has 0 fully saturated rings. The third-order valence-electron chi connectivity index (χ3n) is 5.01. The van der Waals surface area contributed by atoms with Gasteiger partial charge < -0.3 is 5.32 Å². The molecule has 1 N–H and O–H groups in total. The molecule has 0 unspecified atom stereocenters. The summed E-state index contributed by atoms with van der Waals surface area (Å²) in [5.74, 6) is -0.288. The second-order valence-electron chi connectivity index (χ2n) is 7.21. The first-order valence-electron chi connectivity index (χ1n) is 10.2. The number of carbonyl (C=O) groups is 1. The van der Waals surface area contributed by atoms with E-state index in [4.69, 9.17) is 0 Å². The first-order chi connectivity index (χ1) is 14.8. The first-order valence-corrected chi connectivity index (χ1v) is 12.4. The molecule has 0 aliphatic rings. The molecule has 0 saturated carbocycles. The van der Waals surface area contributed by atoms with Gasteiger partial charge in [-0.2, -0.15) is 4.31 Å². The van der Waals surface area contributed by atoms with Crippen molar-refractivity contribution in [1.82, 2.24) is 9.29 Å². The van der Waals surface area contributed by atoms with Crippen molar-refractivity contribution in [3.63, 3.8) is 0 Å². The minimum Gasteiger partial charge on any atom is -0.321 e. The highest BCUT2D eigenvalue weighted by Gasteiger charge is 2.24. The average Bonchev–Trinajstić information content (AvgIpc) is 3.10. The molecule has 1 aromatic heterocycles. The molecule has 0 aliphatic heterocycles. The van der Waals surface area contributed by atoms with E-state index < -0.39 is 10.0 Å². The topological polar surface area (TPSA) is 79.4 Å². The summed E-state index contributed by atoms with van der Waals surface area (Å²) in [5, 5.41) is 3.70. The number of thiazole rings is 1. The summed E-state index contributed by atoms with van der Waals surface area (Å²) in [6, 6.07) is 14.9. The highest BCUT2D eigenvalue weighted by molar-refractivity contribution is 7.89. The largest absolute Gasteiger partial charge is 0.321 e. The van der Waals surface area contributed by atoms with E-state index in [9.17, 15) is 13.2 Å². The van der Waals surface area contributed by atoms with E-state index >= 15 is 0 Å². The maximum Gasteiger partial charge on any atom is 0.267 e. The summed E-state index contributed by atoms with van der Waals surface area (Å²) in [6.45, 7) is 7.96. The highest BCUT2D eigenvalue weighted by Crippen LogP contribution is 2.26. The molecule has 0 atom stereocenters. The van der Waals surface area contributed by atoms with Crippen LogP contribution in [0.4, 0.5) is 5.69 Å². The maximum atomic E-state index is 13.0. The van der Waals surface area contributed by atoms with Crippen LogP contribution in [-0.2, 0) is 16.4 Å². The third kappa shape index (κ3) is 5.20. The van der Waals surface area contributed by atoms with Crippen molar-refractivity contribution in [3.8, 4) is 0 Å². The van der Waals surface area contributed by atoms with E-state index in [1.807, 2.05) is 51.1 Å². The monoisotopic (exact) mass is 457 g/mol. The van der Waals surface area contributed by atoms with Gasteiger partial charge in [-0.3, -0.25) is 4.79 Å². The fraction of sp³-hybridized carbons (Fsp3) is 0.304. The minimum atomic E-state index is -3.62. The molecule has 3 rings (SSSR count). The van der Waals surface area contributed by atoms with Crippen LogP contribution in [-0.4, -0.2) is 36.7 Å². The Morgan fingerprint density at radius 3 is 2.39 bits per heavy atom. The number of nitrogens with one attached hydrogen (secondary N) is 1. The summed E-state index contributed by atoms with van der Waals surface area (Å²) in [5.41, 5.74) is 2.88. The fourth-order valence-corrected chi connectivity index (χ4v) is 6.06. The molecule has 0 radical (unpaired) electrons. The number of anilines is 1. The van der Waals surface area contributed by atoms with Gasteiger partial charge in [0.15, 0.2) is 0 Å². The number of sulfonamides is 1. The van der Waals surface area contributed by atoms with Gasteiger partial charge in [0.05, 0.1) is 15.6 Å². The second kappa shape index (κ2) is 9.72. The predicted octanol–water partition coefficient (Wildman–Crippen LogP) is 4.63. The Hall–Kier alpha value is -2.55. The molecular weight excluding hydrogens is 430 g/mol. The van der Waals surface area contributed by atoms with Crippen LogP contribution >= 0.6 is 11.3 Å². The van der Waals surface area contributed by atoms with Crippen LogP contribution in [0.5, 0.6) is 0 Å². The summed E-state index contributed by atoms with van der Waals surface area (Å²) in [6.07, 6.45) is 0.663. The fourth-order valence-electron chi connectivity index (χ4n) is 3.36. The van der Waals surface area contributed by atoms with Gasteiger partial charge in [0.1, 0.15) is 4.88 Å². The standard InChI is InChI=1S/C23H27N3O3S2/c1-5-26(6-2)31(28,29)20-15-19(13-12-16(20)3)25-23(27)22-17(4)24-21(30-22)14-18-10-8-7-9-11-18/h7-13,15H,5-6,14H2,1-4H3,(H,25,27). The lowest BCUT2D eigenvalue weighted by molar-refractivity contribution is 0.102. The van der Waals surface area contributed by atoms with Crippen LogP contribution < -0.4 is 5.32 Å². The zero-order chi connectivity index (χ0) is 22.6. The molecule has 0 spiro atoms. The number of aryl methyl sites for hydroxylation is 2. The van der Waals surface area contributed by atoms with Crippen molar-refractivity contribution in [2.24, 2.45) is 0 Å². The molecule has 2 aromatic carbocycles. The first kappa shape index (κ1) is 23.1. The number of benzene rings is 2. The number of nitrogens with zero attached hydrogens (tertiary/aromatic N) is 2. The van der Waals surface area contributed by atoms with Gasteiger partial charge in [0.2, 0.25) is 10.0 Å². The van der Waals surface area contributed by atoms with Crippen molar-refractivity contribution >= 4 is 33.0 Å². The molecule has 31 heavy (non-hydrogen) atoms. The average molecular weight is 458 g/mol. The number of aromatic nitrogens is 1. The summed E-state index contributed by atoms with van der Waals surface area (Å²) in [7, 11) is -3.62. The van der Waals surface area contributed by atoms with E-state index in [1.165, 1.54) is 21.7 Å². The molecular formula is C23H27N3O3S2. The van der Waals surface area contributed by atoms with Gasteiger partial charge in [-0.15, -0.1) is 11.3 Å². The lowest BCUT2D eigenvalue weighted by Gasteiger charge is -2.20. The summed E-state index contributed by atoms with van der Waals surface area (Å²) in [4.78, 5) is 18.2. The zero-order valence-corrected chi connectivity index (χ0v) is 19.8. The number of rotatable bonds is 8. The quantitative estimate of drug-likeness (QED) is 0.535. The van der Waals surface area contributed by atoms with Crippen LogP contribution in [0.2, 0.25) is 0 Å². The normalized spacial score (nSPS) is 11.6. The van der Waals surface area contributed by atoms with Crippen molar-refractivity contribution in [2.75, 3.05) is 18.4 Å². The third-order valence-corrected chi connectivity index (χ3v) is 8.36. The van der Waals surface area contributed by atoms with Crippen LogP contribution in [0.25, 0.3) is 0 Å². The molecule has 1 amide bonds. The predicted molar refractivity (Wildman–Crippen MR) is 125 cm³/mol. The summed E-state index contributed by atoms with van der Waals surface area (Å²) >= 11 is 1.36. The van der Waals surface area contributed by atoms with Gasteiger partial charge in [-0.1, -0.05) is 50.2 Å². The summed E-state index contributed by atoms with van der Waals surface area (Å²) < 4.78 is 27.3. The Morgan fingerprint density at radius 1 is 1.06 bits per heavy atom. The Kier molecular flexibility index (Phi) is 7.25. The Bertz CT molecular complexity index is 1170. The van der Waals surface area contributed by atoms with Gasteiger partial charge in [0.25, 0.3) is 5.91 Å². The second-order valence-corrected chi connectivity index (χ2v) is 10.2. The Morgan fingerprint density at radius 2 is 1.74 bits per heavy atom. The maximum absolute atomic E-state index is 13.0. The van der Waals surface area contributed by atoms with Crippen molar-refractivity contribution in [2.45, 2.75) is 39.0 Å². The number of carbonyl (C=O) groups excluding carboxylic acids is 1. The van der Waals surface area contributed by atoms with E-state index in [1.54, 1.807) is 19.1 Å². The Labute approximate surface area is 188 Å². The molecule has 0 bridgehead atoms. The van der Waals surface area contributed by atoms with Crippen LogP contribution in [0, 0.1) is 13.8 Å².